The number of thiazole rings is 1. The number of aromatic nitrogens is 4. The first-order valence-electron chi connectivity index (χ1n) is 7.42. The molecule has 4 heterocycles. The van der Waals surface area contributed by atoms with Crippen LogP contribution in [-0.2, 0) is 12.3 Å². The van der Waals surface area contributed by atoms with Gasteiger partial charge in [0, 0.05) is 28.6 Å². The molecule has 0 N–H and O–H groups in total. The molecule has 0 aliphatic carbocycles. The minimum atomic E-state index is 0.740. The Morgan fingerprint density at radius 2 is 2.21 bits per heavy atom. The molecule has 4 aromatic heterocycles. The van der Waals surface area contributed by atoms with Crippen LogP contribution in [0, 0.1) is 0 Å². The first kappa shape index (κ1) is 15.6. The number of thiophene rings is 1. The second-order valence-electron chi connectivity index (χ2n) is 4.97. The highest BCUT2D eigenvalue weighted by Crippen LogP contribution is 2.30. The van der Waals surface area contributed by atoms with E-state index < -0.39 is 0 Å². The number of nitrogens with zero attached hydrogens (tertiary/aromatic N) is 4. The van der Waals surface area contributed by atoms with Gasteiger partial charge in [-0.15, -0.1) is 21.5 Å². The molecule has 0 saturated carbocycles. The number of rotatable bonds is 6. The molecule has 122 valence electrons. The van der Waals surface area contributed by atoms with Gasteiger partial charge in [0.05, 0.1) is 12.0 Å². The molecule has 4 aromatic rings. The summed E-state index contributed by atoms with van der Waals surface area (Å²) < 4.78 is 7.51. The summed E-state index contributed by atoms with van der Waals surface area (Å²) in [6.07, 6.45) is 1.65. The summed E-state index contributed by atoms with van der Waals surface area (Å²) in [6, 6.07) is 5.86. The molecular formula is C16H14N4OS3. The Morgan fingerprint density at radius 3 is 2.96 bits per heavy atom. The third-order valence-electron chi connectivity index (χ3n) is 3.44. The summed E-state index contributed by atoms with van der Waals surface area (Å²) >= 11 is 5.02. The second kappa shape index (κ2) is 6.92. The zero-order valence-electron chi connectivity index (χ0n) is 12.9. The van der Waals surface area contributed by atoms with E-state index in [1.54, 1.807) is 40.7 Å². The van der Waals surface area contributed by atoms with Crippen molar-refractivity contribution in [3.63, 3.8) is 0 Å². The SMILES string of the molecule is CCn1c(SCc2csc(-c3ccsc3)n2)nnc1-c1ccco1. The Kier molecular flexibility index (Phi) is 4.50. The van der Waals surface area contributed by atoms with Crippen molar-refractivity contribution in [3.05, 3.63) is 46.3 Å². The number of hydrogen-bond acceptors (Lipinski definition) is 7. The lowest BCUT2D eigenvalue weighted by atomic mass is 10.4. The van der Waals surface area contributed by atoms with Crippen molar-refractivity contribution < 1.29 is 4.42 Å². The van der Waals surface area contributed by atoms with E-state index in [-0.39, 0.29) is 0 Å². The molecule has 4 rings (SSSR count). The normalized spacial score (nSPS) is 11.2. The number of thioether (sulfide) groups is 1. The van der Waals surface area contributed by atoms with Gasteiger partial charge in [0.15, 0.2) is 16.7 Å². The fourth-order valence-electron chi connectivity index (χ4n) is 2.30. The third kappa shape index (κ3) is 3.04. The molecule has 0 aliphatic rings. The molecule has 0 aliphatic heterocycles. The summed E-state index contributed by atoms with van der Waals surface area (Å²) in [4.78, 5) is 4.71. The van der Waals surface area contributed by atoms with Crippen LogP contribution in [0.3, 0.4) is 0 Å². The van der Waals surface area contributed by atoms with Crippen molar-refractivity contribution in [1.29, 1.82) is 0 Å². The van der Waals surface area contributed by atoms with E-state index in [4.69, 9.17) is 9.40 Å². The van der Waals surface area contributed by atoms with Crippen LogP contribution >= 0.6 is 34.4 Å². The Labute approximate surface area is 151 Å². The Hall–Kier alpha value is -1.90. The van der Waals surface area contributed by atoms with Crippen LogP contribution in [0.2, 0.25) is 0 Å². The average molecular weight is 375 g/mol. The van der Waals surface area contributed by atoms with Gasteiger partial charge in [0.2, 0.25) is 0 Å². The van der Waals surface area contributed by atoms with Gasteiger partial charge in [-0.1, -0.05) is 11.8 Å². The lowest BCUT2D eigenvalue weighted by Gasteiger charge is -2.04. The predicted octanol–water partition coefficient (Wildman–Crippen LogP) is 5.04. The number of furan rings is 1. The molecule has 0 saturated heterocycles. The molecule has 0 spiro atoms. The van der Waals surface area contributed by atoms with Gasteiger partial charge < -0.3 is 4.42 Å². The topological polar surface area (TPSA) is 56.7 Å². The predicted molar refractivity (Wildman–Crippen MR) is 98.4 cm³/mol. The maximum atomic E-state index is 5.44. The molecule has 0 bridgehead atoms. The smallest absolute Gasteiger partial charge is 0.200 e. The molecule has 0 atom stereocenters. The molecule has 24 heavy (non-hydrogen) atoms. The van der Waals surface area contributed by atoms with Crippen molar-refractivity contribution >= 4 is 34.4 Å². The highest BCUT2D eigenvalue weighted by Gasteiger charge is 2.15. The fraction of sp³-hybridized carbons (Fsp3) is 0.188. The van der Waals surface area contributed by atoms with E-state index in [0.717, 1.165) is 39.7 Å². The van der Waals surface area contributed by atoms with Gasteiger partial charge >= 0.3 is 0 Å². The van der Waals surface area contributed by atoms with Gasteiger partial charge in [-0.05, 0) is 30.5 Å². The standard InChI is InChI=1S/C16H14N4OS3/c1-2-20-14(13-4-3-6-21-13)18-19-16(20)24-10-12-9-23-15(17-12)11-5-7-22-8-11/h3-9H,2,10H2,1H3. The molecule has 0 aromatic carbocycles. The first-order chi connectivity index (χ1) is 11.8. The molecule has 0 fully saturated rings. The van der Waals surface area contributed by atoms with Crippen molar-refractivity contribution in [3.8, 4) is 22.2 Å². The van der Waals surface area contributed by atoms with E-state index >= 15 is 0 Å². The van der Waals surface area contributed by atoms with Crippen LogP contribution < -0.4 is 0 Å². The van der Waals surface area contributed by atoms with Crippen molar-refractivity contribution in [2.24, 2.45) is 0 Å². The van der Waals surface area contributed by atoms with E-state index in [0.29, 0.717) is 0 Å². The largest absolute Gasteiger partial charge is 0.461 e. The average Bonchev–Trinajstić information content (AvgIpc) is 3.40. The first-order valence-corrected chi connectivity index (χ1v) is 10.2. The van der Waals surface area contributed by atoms with Crippen LogP contribution in [-0.4, -0.2) is 19.7 Å². The Balaban J connectivity index is 1.50. The summed E-state index contributed by atoms with van der Waals surface area (Å²) in [5, 5.41) is 16.8. The zero-order chi connectivity index (χ0) is 16.4. The molecule has 5 nitrogen and oxygen atoms in total. The van der Waals surface area contributed by atoms with E-state index in [9.17, 15) is 0 Å². The minimum absolute atomic E-state index is 0.740. The summed E-state index contributed by atoms with van der Waals surface area (Å²) in [5.74, 6) is 2.28. The highest BCUT2D eigenvalue weighted by molar-refractivity contribution is 7.98. The molecular weight excluding hydrogens is 360 g/mol. The van der Waals surface area contributed by atoms with Gasteiger partial charge in [-0.3, -0.25) is 4.57 Å². The van der Waals surface area contributed by atoms with Gasteiger partial charge in [0.25, 0.3) is 0 Å². The summed E-state index contributed by atoms with van der Waals surface area (Å²) in [5.41, 5.74) is 2.26. The lowest BCUT2D eigenvalue weighted by Crippen LogP contribution is -1.99. The minimum Gasteiger partial charge on any atom is -0.461 e. The molecule has 0 amide bonds. The van der Waals surface area contributed by atoms with Crippen LogP contribution in [0.25, 0.3) is 22.2 Å². The van der Waals surface area contributed by atoms with Gasteiger partial charge in [-0.2, -0.15) is 11.3 Å². The third-order valence-corrected chi connectivity index (χ3v) is 6.07. The van der Waals surface area contributed by atoms with Crippen LogP contribution in [0.4, 0.5) is 0 Å². The quantitative estimate of drug-likeness (QED) is 0.443. The van der Waals surface area contributed by atoms with Crippen LogP contribution in [0.15, 0.2) is 50.2 Å². The highest BCUT2D eigenvalue weighted by atomic mass is 32.2. The van der Waals surface area contributed by atoms with Gasteiger partial charge in [0.1, 0.15) is 5.01 Å². The van der Waals surface area contributed by atoms with Crippen molar-refractivity contribution in [2.45, 2.75) is 24.4 Å². The molecule has 0 radical (unpaired) electrons. The fourth-order valence-corrected chi connectivity index (χ4v) is 4.83. The number of hydrogen-bond donors (Lipinski definition) is 0. The second-order valence-corrected chi connectivity index (χ2v) is 7.55. The van der Waals surface area contributed by atoms with Gasteiger partial charge in [-0.25, -0.2) is 4.98 Å². The Bertz CT molecular complexity index is 909. The van der Waals surface area contributed by atoms with Crippen LogP contribution in [0.5, 0.6) is 0 Å². The van der Waals surface area contributed by atoms with Crippen molar-refractivity contribution in [1.82, 2.24) is 19.7 Å². The molecule has 8 heteroatoms. The van der Waals surface area contributed by atoms with E-state index in [1.165, 1.54) is 5.56 Å². The van der Waals surface area contributed by atoms with E-state index in [1.807, 2.05) is 12.1 Å². The monoisotopic (exact) mass is 374 g/mol. The Morgan fingerprint density at radius 1 is 1.25 bits per heavy atom. The van der Waals surface area contributed by atoms with E-state index in [2.05, 4.69) is 43.9 Å². The van der Waals surface area contributed by atoms with Crippen molar-refractivity contribution in [2.75, 3.05) is 0 Å². The summed E-state index contributed by atoms with van der Waals surface area (Å²) in [6.45, 7) is 2.87. The van der Waals surface area contributed by atoms with Crippen LogP contribution in [0.1, 0.15) is 12.6 Å². The lowest BCUT2D eigenvalue weighted by molar-refractivity contribution is 0.567. The summed E-state index contributed by atoms with van der Waals surface area (Å²) in [7, 11) is 0. The molecule has 0 unspecified atom stereocenters. The maximum Gasteiger partial charge on any atom is 0.200 e. The zero-order valence-corrected chi connectivity index (χ0v) is 15.3. The maximum absolute atomic E-state index is 5.44.